The lowest BCUT2D eigenvalue weighted by Gasteiger charge is -2.36. The van der Waals surface area contributed by atoms with E-state index in [0.717, 1.165) is 28.7 Å². The zero-order chi connectivity index (χ0) is 14.1. The minimum absolute atomic E-state index is 0.609. The normalized spacial score (nSPS) is 23.4. The average molecular weight is 272 g/mol. The van der Waals surface area contributed by atoms with E-state index in [1.54, 1.807) is 6.33 Å². The van der Waals surface area contributed by atoms with Crippen molar-refractivity contribution in [3.8, 4) is 0 Å². The molecular formula is C16H24N4. The van der Waals surface area contributed by atoms with Gasteiger partial charge in [0.15, 0.2) is 0 Å². The monoisotopic (exact) mass is 272 g/mol. The van der Waals surface area contributed by atoms with E-state index in [1.165, 1.54) is 25.7 Å². The summed E-state index contributed by atoms with van der Waals surface area (Å²) in [6, 6.07) is 2.68. The van der Waals surface area contributed by atoms with Crippen LogP contribution in [0.2, 0.25) is 0 Å². The molecule has 1 aliphatic rings. The first kappa shape index (κ1) is 13.4. The van der Waals surface area contributed by atoms with Gasteiger partial charge in [-0.05, 0) is 43.6 Å². The van der Waals surface area contributed by atoms with Crippen molar-refractivity contribution in [3.63, 3.8) is 0 Å². The molecule has 1 fully saturated rings. The van der Waals surface area contributed by atoms with Crippen LogP contribution < -0.4 is 4.90 Å². The van der Waals surface area contributed by atoms with Crippen molar-refractivity contribution in [1.29, 1.82) is 0 Å². The van der Waals surface area contributed by atoms with Crippen molar-refractivity contribution in [1.82, 2.24) is 15.0 Å². The van der Waals surface area contributed by atoms with Gasteiger partial charge in [-0.2, -0.15) is 0 Å². The van der Waals surface area contributed by atoms with Crippen LogP contribution in [-0.4, -0.2) is 28.0 Å². The molecule has 0 aliphatic heterocycles. The van der Waals surface area contributed by atoms with Gasteiger partial charge >= 0.3 is 0 Å². The first-order chi connectivity index (χ1) is 9.66. The van der Waals surface area contributed by atoms with Gasteiger partial charge in [0, 0.05) is 19.3 Å². The molecule has 0 radical (unpaired) electrons. The Balaban J connectivity index is 1.76. The average Bonchev–Trinajstić information content (AvgIpc) is 2.95. The second-order valence-corrected chi connectivity index (χ2v) is 6.36. The van der Waals surface area contributed by atoms with Crippen molar-refractivity contribution in [2.24, 2.45) is 11.8 Å². The van der Waals surface area contributed by atoms with E-state index in [1.807, 2.05) is 6.20 Å². The summed E-state index contributed by atoms with van der Waals surface area (Å²) < 4.78 is 0. The Morgan fingerprint density at radius 1 is 1.20 bits per heavy atom. The molecular weight excluding hydrogens is 248 g/mol. The molecule has 0 amide bonds. The second-order valence-electron chi connectivity index (χ2n) is 6.36. The van der Waals surface area contributed by atoms with Crippen LogP contribution in [0.25, 0.3) is 11.0 Å². The number of hydrogen-bond donors (Lipinski definition) is 1. The summed E-state index contributed by atoms with van der Waals surface area (Å²) in [5, 5.41) is 1.13. The van der Waals surface area contributed by atoms with Gasteiger partial charge in [-0.1, -0.05) is 13.8 Å². The van der Waals surface area contributed by atoms with Gasteiger partial charge in [0.2, 0.25) is 0 Å². The van der Waals surface area contributed by atoms with Crippen LogP contribution in [0.15, 0.2) is 18.6 Å². The quantitative estimate of drug-likeness (QED) is 0.928. The standard InChI is InChI=1S/C16H24N4/c1-11(2)12-4-6-13(7-5-12)20(3)16-14-8-9-17-15(14)18-10-19-16/h8-13H,4-7H2,1-3H3,(H,17,18,19). The van der Waals surface area contributed by atoms with E-state index in [4.69, 9.17) is 0 Å². The third-order valence-electron chi connectivity index (χ3n) is 4.90. The summed E-state index contributed by atoms with van der Waals surface area (Å²) in [7, 11) is 2.18. The van der Waals surface area contributed by atoms with Crippen LogP contribution in [0, 0.1) is 11.8 Å². The molecule has 108 valence electrons. The summed E-state index contributed by atoms with van der Waals surface area (Å²) in [5.41, 5.74) is 0.928. The van der Waals surface area contributed by atoms with Crippen LogP contribution in [0.4, 0.5) is 5.82 Å². The molecule has 0 atom stereocenters. The van der Waals surface area contributed by atoms with Crippen LogP contribution >= 0.6 is 0 Å². The number of aromatic nitrogens is 3. The van der Waals surface area contributed by atoms with E-state index in [9.17, 15) is 0 Å². The molecule has 2 heterocycles. The van der Waals surface area contributed by atoms with Crippen LogP contribution in [-0.2, 0) is 0 Å². The highest BCUT2D eigenvalue weighted by molar-refractivity contribution is 5.87. The molecule has 1 N–H and O–H groups in total. The Labute approximate surface area is 120 Å². The van der Waals surface area contributed by atoms with Gasteiger partial charge in [0.1, 0.15) is 17.8 Å². The van der Waals surface area contributed by atoms with E-state index in [2.05, 4.69) is 46.8 Å². The maximum absolute atomic E-state index is 4.50. The molecule has 0 unspecified atom stereocenters. The first-order valence-corrected chi connectivity index (χ1v) is 7.67. The molecule has 0 saturated heterocycles. The Morgan fingerprint density at radius 2 is 1.95 bits per heavy atom. The number of hydrogen-bond acceptors (Lipinski definition) is 3. The lowest BCUT2D eigenvalue weighted by molar-refractivity contribution is 0.256. The summed E-state index contributed by atoms with van der Waals surface area (Å²) >= 11 is 0. The molecule has 2 aromatic heterocycles. The van der Waals surface area contributed by atoms with Crippen molar-refractivity contribution < 1.29 is 0 Å². The van der Waals surface area contributed by atoms with Gasteiger partial charge in [-0.25, -0.2) is 9.97 Å². The first-order valence-electron chi connectivity index (χ1n) is 7.67. The van der Waals surface area contributed by atoms with Crippen LogP contribution in [0.1, 0.15) is 39.5 Å². The summed E-state index contributed by atoms with van der Waals surface area (Å²) in [4.78, 5) is 14.3. The molecule has 3 rings (SSSR count). The number of fused-ring (bicyclic) bond motifs is 1. The Morgan fingerprint density at radius 3 is 2.65 bits per heavy atom. The third kappa shape index (κ3) is 2.39. The maximum atomic E-state index is 4.50. The molecule has 0 bridgehead atoms. The zero-order valence-corrected chi connectivity index (χ0v) is 12.6. The molecule has 0 spiro atoms. The molecule has 1 saturated carbocycles. The maximum Gasteiger partial charge on any atom is 0.142 e. The van der Waals surface area contributed by atoms with Crippen molar-refractivity contribution >= 4 is 16.9 Å². The minimum Gasteiger partial charge on any atom is -0.356 e. The second kappa shape index (κ2) is 5.43. The predicted octanol–water partition coefficient (Wildman–Crippen LogP) is 3.61. The third-order valence-corrected chi connectivity index (χ3v) is 4.90. The molecule has 4 heteroatoms. The molecule has 2 aromatic rings. The van der Waals surface area contributed by atoms with Gasteiger partial charge in [-0.3, -0.25) is 0 Å². The fourth-order valence-electron chi connectivity index (χ4n) is 3.47. The Kier molecular flexibility index (Phi) is 3.64. The molecule has 20 heavy (non-hydrogen) atoms. The van der Waals surface area contributed by atoms with Gasteiger partial charge in [-0.15, -0.1) is 0 Å². The summed E-state index contributed by atoms with van der Waals surface area (Å²) in [6.07, 6.45) is 8.82. The topological polar surface area (TPSA) is 44.8 Å². The number of rotatable bonds is 3. The van der Waals surface area contributed by atoms with E-state index in [-0.39, 0.29) is 0 Å². The predicted molar refractivity (Wildman–Crippen MR) is 82.9 cm³/mol. The number of H-pyrrole nitrogens is 1. The number of anilines is 1. The van der Waals surface area contributed by atoms with Crippen molar-refractivity contribution in [3.05, 3.63) is 18.6 Å². The SMILES string of the molecule is CC(C)C1CCC(N(C)c2ncnc3[nH]ccc23)CC1. The zero-order valence-electron chi connectivity index (χ0n) is 12.6. The Bertz CT molecular complexity index is 567. The van der Waals surface area contributed by atoms with E-state index in [0.29, 0.717) is 6.04 Å². The van der Waals surface area contributed by atoms with Gasteiger partial charge < -0.3 is 9.88 Å². The van der Waals surface area contributed by atoms with E-state index >= 15 is 0 Å². The highest BCUT2D eigenvalue weighted by Gasteiger charge is 2.27. The van der Waals surface area contributed by atoms with Crippen molar-refractivity contribution in [2.45, 2.75) is 45.6 Å². The number of nitrogens with zero attached hydrogens (tertiary/aromatic N) is 3. The van der Waals surface area contributed by atoms with Gasteiger partial charge in [0.05, 0.1) is 5.39 Å². The van der Waals surface area contributed by atoms with Crippen molar-refractivity contribution in [2.75, 3.05) is 11.9 Å². The lowest BCUT2D eigenvalue weighted by Crippen LogP contribution is -2.36. The molecule has 1 aliphatic carbocycles. The Hall–Kier alpha value is -1.58. The fraction of sp³-hybridized carbons (Fsp3) is 0.625. The summed E-state index contributed by atoms with van der Waals surface area (Å²) in [5.74, 6) is 2.78. The molecule has 4 nitrogen and oxygen atoms in total. The summed E-state index contributed by atoms with van der Waals surface area (Å²) in [6.45, 7) is 4.70. The number of aromatic amines is 1. The number of nitrogens with one attached hydrogen (secondary N) is 1. The lowest BCUT2D eigenvalue weighted by atomic mass is 9.79. The molecule has 0 aromatic carbocycles. The highest BCUT2D eigenvalue weighted by Crippen LogP contribution is 2.34. The van der Waals surface area contributed by atoms with Crippen LogP contribution in [0.5, 0.6) is 0 Å². The largest absolute Gasteiger partial charge is 0.356 e. The minimum atomic E-state index is 0.609. The van der Waals surface area contributed by atoms with Gasteiger partial charge in [0.25, 0.3) is 0 Å². The van der Waals surface area contributed by atoms with E-state index < -0.39 is 0 Å². The fourth-order valence-corrected chi connectivity index (χ4v) is 3.47. The van der Waals surface area contributed by atoms with Crippen LogP contribution in [0.3, 0.4) is 0 Å². The highest BCUT2D eigenvalue weighted by atomic mass is 15.2. The smallest absolute Gasteiger partial charge is 0.142 e.